The lowest BCUT2D eigenvalue weighted by Gasteiger charge is -2.10. The van der Waals surface area contributed by atoms with E-state index < -0.39 is 0 Å². The van der Waals surface area contributed by atoms with Gasteiger partial charge in [-0.25, -0.2) is 0 Å². The Balaban J connectivity index is 2.47. The van der Waals surface area contributed by atoms with Gasteiger partial charge in [-0.1, -0.05) is 12.1 Å². The van der Waals surface area contributed by atoms with Crippen molar-refractivity contribution in [2.24, 2.45) is 0 Å². The van der Waals surface area contributed by atoms with Crippen LogP contribution >= 0.6 is 0 Å². The number of rotatable bonds is 4. The van der Waals surface area contributed by atoms with E-state index in [0.29, 0.717) is 29.2 Å². The Bertz CT molecular complexity index is 609. The molecule has 2 rings (SSSR count). The number of hydrogen-bond donors (Lipinski definition) is 0. The lowest BCUT2D eigenvalue weighted by molar-refractivity contribution is 0.103. The van der Waals surface area contributed by atoms with Crippen molar-refractivity contribution in [2.45, 2.75) is 20.8 Å². The molecule has 0 bridgehead atoms. The van der Waals surface area contributed by atoms with E-state index in [4.69, 9.17) is 4.74 Å². The zero-order chi connectivity index (χ0) is 13.8. The van der Waals surface area contributed by atoms with E-state index in [-0.39, 0.29) is 5.78 Å². The van der Waals surface area contributed by atoms with Crippen molar-refractivity contribution in [1.29, 1.82) is 0 Å². The van der Waals surface area contributed by atoms with Crippen molar-refractivity contribution in [3.05, 3.63) is 52.8 Å². The maximum Gasteiger partial charge on any atom is 0.198 e. The topological polar surface area (TPSA) is 52.1 Å². The summed E-state index contributed by atoms with van der Waals surface area (Å²) < 4.78 is 5.49. The van der Waals surface area contributed by atoms with E-state index in [2.05, 4.69) is 10.2 Å². The van der Waals surface area contributed by atoms with Gasteiger partial charge in [-0.15, -0.1) is 0 Å². The fourth-order valence-corrected chi connectivity index (χ4v) is 1.86. The van der Waals surface area contributed by atoms with Crippen LogP contribution in [-0.2, 0) is 0 Å². The number of benzene rings is 1. The second-order valence-electron chi connectivity index (χ2n) is 4.24. The zero-order valence-electron chi connectivity index (χ0n) is 11.3. The maximum atomic E-state index is 12.6. The first-order valence-electron chi connectivity index (χ1n) is 6.21. The van der Waals surface area contributed by atoms with Gasteiger partial charge in [-0.3, -0.25) is 4.79 Å². The molecule has 2 aromatic rings. The number of aromatic nitrogens is 2. The van der Waals surface area contributed by atoms with Crippen LogP contribution in [0.4, 0.5) is 0 Å². The molecule has 1 aromatic heterocycles. The third-order valence-electron chi connectivity index (χ3n) is 2.78. The molecule has 4 nitrogen and oxygen atoms in total. The van der Waals surface area contributed by atoms with Crippen LogP contribution in [0.15, 0.2) is 30.3 Å². The van der Waals surface area contributed by atoms with Crippen LogP contribution < -0.4 is 4.74 Å². The Hall–Kier alpha value is -2.23. The molecule has 19 heavy (non-hydrogen) atoms. The summed E-state index contributed by atoms with van der Waals surface area (Å²) in [6.07, 6.45) is 0. The molecule has 0 saturated carbocycles. The summed E-state index contributed by atoms with van der Waals surface area (Å²) in [5, 5.41) is 7.93. The van der Waals surface area contributed by atoms with Crippen LogP contribution in [0.25, 0.3) is 0 Å². The van der Waals surface area contributed by atoms with Crippen molar-refractivity contribution in [2.75, 3.05) is 6.61 Å². The molecular formula is C15H16N2O2. The van der Waals surface area contributed by atoms with E-state index in [1.54, 1.807) is 25.1 Å². The minimum absolute atomic E-state index is 0.0837. The van der Waals surface area contributed by atoms with Crippen LogP contribution in [0.3, 0.4) is 0 Å². The Morgan fingerprint density at radius 3 is 2.63 bits per heavy atom. The molecule has 0 fully saturated rings. The highest BCUT2D eigenvalue weighted by Crippen LogP contribution is 2.22. The summed E-state index contributed by atoms with van der Waals surface area (Å²) in [6, 6.07) is 9.00. The third-order valence-corrected chi connectivity index (χ3v) is 2.78. The molecule has 0 unspecified atom stereocenters. The second kappa shape index (κ2) is 5.61. The smallest absolute Gasteiger partial charge is 0.198 e. The summed E-state index contributed by atoms with van der Waals surface area (Å²) in [4.78, 5) is 12.6. The molecule has 0 N–H and O–H groups in total. The average Bonchev–Trinajstić information content (AvgIpc) is 2.42. The molecule has 0 aliphatic carbocycles. The molecule has 98 valence electrons. The van der Waals surface area contributed by atoms with Crippen molar-refractivity contribution in [3.8, 4) is 5.75 Å². The zero-order valence-corrected chi connectivity index (χ0v) is 11.3. The molecule has 1 heterocycles. The Morgan fingerprint density at radius 1 is 1.16 bits per heavy atom. The summed E-state index contributed by atoms with van der Waals surface area (Å²) in [6.45, 7) is 6.02. The highest BCUT2D eigenvalue weighted by Gasteiger charge is 2.17. The van der Waals surface area contributed by atoms with Gasteiger partial charge in [0.2, 0.25) is 0 Å². The van der Waals surface area contributed by atoms with Crippen molar-refractivity contribution < 1.29 is 9.53 Å². The monoisotopic (exact) mass is 256 g/mol. The van der Waals surface area contributed by atoms with Gasteiger partial charge in [0.05, 0.1) is 23.6 Å². The van der Waals surface area contributed by atoms with Gasteiger partial charge in [0.1, 0.15) is 5.75 Å². The number of hydrogen-bond acceptors (Lipinski definition) is 4. The Morgan fingerprint density at radius 2 is 1.89 bits per heavy atom. The normalized spacial score (nSPS) is 10.3. The summed E-state index contributed by atoms with van der Waals surface area (Å²) in [7, 11) is 0. The highest BCUT2D eigenvalue weighted by molar-refractivity contribution is 6.11. The van der Waals surface area contributed by atoms with Crippen molar-refractivity contribution in [1.82, 2.24) is 10.2 Å². The van der Waals surface area contributed by atoms with Gasteiger partial charge in [-0.2, -0.15) is 10.2 Å². The number of ether oxygens (including phenoxy) is 1. The quantitative estimate of drug-likeness (QED) is 0.789. The third kappa shape index (κ3) is 2.78. The molecule has 0 aliphatic rings. The van der Waals surface area contributed by atoms with E-state index in [9.17, 15) is 4.79 Å². The summed E-state index contributed by atoms with van der Waals surface area (Å²) >= 11 is 0. The number of ketones is 1. The number of aryl methyl sites for hydroxylation is 2. The molecule has 0 aliphatic heterocycles. The van der Waals surface area contributed by atoms with Gasteiger partial charge in [0.15, 0.2) is 5.78 Å². The summed E-state index contributed by atoms with van der Waals surface area (Å²) in [5.41, 5.74) is 2.48. The lowest BCUT2D eigenvalue weighted by Crippen LogP contribution is -2.09. The van der Waals surface area contributed by atoms with Crippen LogP contribution in [0.5, 0.6) is 5.75 Å². The predicted molar refractivity (Wildman–Crippen MR) is 72.5 cm³/mol. The molecule has 4 heteroatoms. The van der Waals surface area contributed by atoms with E-state index in [1.165, 1.54) is 0 Å². The lowest BCUT2D eigenvalue weighted by atomic mass is 10.0. The maximum absolute atomic E-state index is 12.6. The van der Waals surface area contributed by atoms with E-state index >= 15 is 0 Å². The first-order chi connectivity index (χ1) is 9.13. The molecule has 0 radical (unpaired) electrons. The Labute approximate surface area is 112 Å². The van der Waals surface area contributed by atoms with Gasteiger partial charge >= 0.3 is 0 Å². The molecule has 0 spiro atoms. The number of carbonyl (C=O) groups is 1. The van der Waals surface area contributed by atoms with Crippen LogP contribution in [-0.4, -0.2) is 22.6 Å². The van der Waals surface area contributed by atoms with Crippen LogP contribution in [0.2, 0.25) is 0 Å². The average molecular weight is 256 g/mol. The van der Waals surface area contributed by atoms with E-state index in [1.807, 2.05) is 26.0 Å². The van der Waals surface area contributed by atoms with Crippen LogP contribution in [0.1, 0.15) is 34.2 Å². The van der Waals surface area contributed by atoms with E-state index in [0.717, 1.165) is 5.69 Å². The van der Waals surface area contributed by atoms with Gasteiger partial charge in [0, 0.05) is 5.56 Å². The molecule has 1 aromatic carbocycles. The first kappa shape index (κ1) is 13.2. The highest BCUT2D eigenvalue weighted by atomic mass is 16.5. The number of para-hydroxylation sites is 1. The SMILES string of the molecule is CCOc1ccccc1C(=O)c1cc(C)nnc1C. The van der Waals surface area contributed by atoms with Gasteiger partial charge in [0.25, 0.3) is 0 Å². The van der Waals surface area contributed by atoms with Crippen molar-refractivity contribution in [3.63, 3.8) is 0 Å². The molecule has 0 amide bonds. The van der Waals surface area contributed by atoms with Gasteiger partial charge in [-0.05, 0) is 39.0 Å². The number of nitrogens with zero attached hydrogens (tertiary/aromatic N) is 2. The Kier molecular flexibility index (Phi) is 3.90. The number of carbonyl (C=O) groups excluding carboxylic acids is 1. The fourth-order valence-electron chi connectivity index (χ4n) is 1.86. The molecule has 0 saturated heterocycles. The predicted octanol–water partition coefficient (Wildman–Crippen LogP) is 2.72. The fraction of sp³-hybridized carbons (Fsp3) is 0.267. The second-order valence-corrected chi connectivity index (χ2v) is 4.24. The van der Waals surface area contributed by atoms with Gasteiger partial charge < -0.3 is 4.74 Å². The van der Waals surface area contributed by atoms with Crippen LogP contribution in [0, 0.1) is 13.8 Å². The minimum atomic E-state index is -0.0837. The minimum Gasteiger partial charge on any atom is -0.493 e. The first-order valence-corrected chi connectivity index (χ1v) is 6.21. The summed E-state index contributed by atoms with van der Waals surface area (Å²) in [5.74, 6) is 0.517. The van der Waals surface area contributed by atoms with Crippen molar-refractivity contribution >= 4 is 5.78 Å². The largest absolute Gasteiger partial charge is 0.493 e. The standard InChI is InChI=1S/C15H16N2O2/c1-4-19-14-8-6-5-7-12(14)15(18)13-9-10(2)16-17-11(13)3/h5-9H,4H2,1-3H3. The molecule has 0 atom stereocenters. The molecular weight excluding hydrogens is 240 g/mol.